The fourth-order valence-electron chi connectivity index (χ4n) is 2.57. The van der Waals surface area contributed by atoms with E-state index in [0.29, 0.717) is 6.04 Å². The van der Waals surface area contributed by atoms with Gasteiger partial charge in [0.1, 0.15) is 5.82 Å². The van der Waals surface area contributed by atoms with Crippen molar-refractivity contribution in [2.24, 2.45) is 0 Å². The van der Waals surface area contributed by atoms with E-state index < -0.39 is 0 Å². The lowest BCUT2D eigenvalue weighted by molar-refractivity contribution is 0.372. The molecule has 1 atom stereocenters. The quantitative estimate of drug-likeness (QED) is 0.790. The van der Waals surface area contributed by atoms with Crippen LogP contribution in [0, 0.1) is 6.92 Å². The topological polar surface area (TPSA) is 31.4 Å². The van der Waals surface area contributed by atoms with Crippen molar-refractivity contribution in [3.63, 3.8) is 0 Å². The van der Waals surface area contributed by atoms with Crippen molar-refractivity contribution in [3.8, 4) is 0 Å². The number of aryl methyl sites for hydroxylation is 1. The number of nitrogens with zero attached hydrogens (tertiary/aromatic N) is 3. The summed E-state index contributed by atoms with van der Waals surface area (Å²) >= 11 is 0. The minimum Gasteiger partial charge on any atom is -0.353 e. The van der Waals surface area contributed by atoms with Gasteiger partial charge in [0.25, 0.3) is 0 Å². The third-order valence-electron chi connectivity index (χ3n) is 3.38. The van der Waals surface area contributed by atoms with Gasteiger partial charge >= 0.3 is 0 Å². The summed E-state index contributed by atoms with van der Waals surface area (Å²) in [6, 6.07) is 4.83. The molecule has 0 saturated heterocycles. The molecular formula is C16H30N4. The zero-order chi connectivity index (χ0) is 15.1. The van der Waals surface area contributed by atoms with Crippen molar-refractivity contribution in [2.75, 3.05) is 38.6 Å². The first kappa shape index (κ1) is 16.9. The van der Waals surface area contributed by atoms with E-state index in [2.05, 4.69) is 69.0 Å². The van der Waals surface area contributed by atoms with Crippen LogP contribution in [0.3, 0.4) is 0 Å². The number of likely N-dealkylation sites (N-methyl/N-ethyl adjacent to an activating group) is 2. The lowest BCUT2D eigenvalue weighted by Gasteiger charge is -2.31. The van der Waals surface area contributed by atoms with Crippen molar-refractivity contribution >= 4 is 5.82 Å². The molecule has 1 aromatic heterocycles. The maximum atomic E-state index is 4.72. The van der Waals surface area contributed by atoms with Crippen LogP contribution in [-0.2, 0) is 6.54 Å². The molecule has 1 unspecified atom stereocenters. The van der Waals surface area contributed by atoms with E-state index in [4.69, 9.17) is 4.98 Å². The zero-order valence-electron chi connectivity index (χ0n) is 13.9. The number of hydrogen-bond donors (Lipinski definition) is 1. The number of rotatable bonds is 8. The van der Waals surface area contributed by atoms with Crippen LogP contribution in [0.5, 0.6) is 0 Å². The third kappa shape index (κ3) is 5.10. The molecule has 1 aromatic rings. The minimum atomic E-state index is 0.455. The molecule has 114 valence electrons. The normalized spacial score (nSPS) is 12.8. The van der Waals surface area contributed by atoms with Gasteiger partial charge in [-0.2, -0.15) is 0 Å². The van der Waals surface area contributed by atoms with Gasteiger partial charge in [0.2, 0.25) is 0 Å². The average Bonchev–Trinajstić information content (AvgIpc) is 2.35. The summed E-state index contributed by atoms with van der Waals surface area (Å²) in [5.74, 6) is 1.09. The van der Waals surface area contributed by atoms with Gasteiger partial charge in [0, 0.05) is 31.4 Å². The first-order valence-corrected chi connectivity index (χ1v) is 7.57. The highest BCUT2D eigenvalue weighted by atomic mass is 15.2. The van der Waals surface area contributed by atoms with Crippen LogP contribution in [0.15, 0.2) is 12.1 Å². The fourth-order valence-corrected chi connectivity index (χ4v) is 2.57. The Hall–Kier alpha value is -1.13. The summed E-state index contributed by atoms with van der Waals surface area (Å²) in [7, 11) is 4.23. The Kier molecular flexibility index (Phi) is 6.96. The molecule has 20 heavy (non-hydrogen) atoms. The Morgan fingerprint density at radius 2 is 1.95 bits per heavy atom. The highest BCUT2D eigenvalue weighted by Crippen LogP contribution is 2.18. The van der Waals surface area contributed by atoms with Crippen molar-refractivity contribution in [2.45, 2.75) is 40.3 Å². The maximum absolute atomic E-state index is 4.72. The van der Waals surface area contributed by atoms with E-state index in [9.17, 15) is 0 Å². The van der Waals surface area contributed by atoms with Crippen molar-refractivity contribution in [1.82, 2.24) is 15.2 Å². The molecule has 1 heterocycles. The number of hydrogen-bond acceptors (Lipinski definition) is 4. The van der Waals surface area contributed by atoms with E-state index in [1.807, 2.05) is 0 Å². The third-order valence-corrected chi connectivity index (χ3v) is 3.38. The van der Waals surface area contributed by atoms with Crippen LogP contribution in [0.25, 0.3) is 0 Å². The Balaban J connectivity index is 2.93. The second kappa shape index (κ2) is 8.22. The maximum Gasteiger partial charge on any atom is 0.129 e. The smallest absolute Gasteiger partial charge is 0.129 e. The Morgan fingerprint density at radius 1 is 1.25 bits per heavy atom. The molecule has 1 N–H and O–H groups in total. The molecule has 4 nitrogen and oxygen atoms in total. The van der Waals surface area contributed by atoms with Crippen LogP contribution >= 0.6 is 0 Å². The van der Waals surface area contributed by atoms with Crippen LogP contribution in [-0.4, -0.2) is 49.7 Å². The zero-order valence-corrected chi connectivity index (χ0v) is 13.9. The molecule has 0 fully saturated rings. The first-order valence-electron chi connectivity index (χ1n) is 7.57. The second-order valence-corrected chi connectivity index (χ2v) is 5.65. The molecule has 0 aliphatic carbocycles. The predicted octanol–water partition coefficient (Wildman–Crippen LogP) is 2.28. The molecule has 0 amide bonds. The van der Waals surface area contributed by atoms with Gasteiger partial charge in [-0.15, -0.1) is 0 Å². The van der Waals surface area contributed by atoms with Crippen molar-refractivity contribution in [3.05, 3.63) is 23.4 Å². The monoisotopic (exact) mass is 278 g/mol. The lowest BCUT2D eigenvalue weighted by Crippen LogP contribution is -2.40. The summed E-state index contributed by atoms with van der Waals surface area (Å²) in [6.07, 6.45) is 0. The summed E-state index contributed by atoms with van der Waals surface area (Å²) in [5.41, 5.74) is 2.40. The van der Waals surface area contributed by atoms with Gasteiger partial charge in [0.05, 0.1) is 0 Å². The van der Waals surface area contributed by atoms with Gasteiger partial charge in [-0.1, -0.05) is 6.92 Å². The lowest BCUT2D eigenvalue weighted by atomic mass is 10.2. The van der Waals surface area contributed by atoms with Crippen LogP contribution in [0.4, 0.5) is 5.82 Å². The largest absolute Gasteiger partial charge is 0.353 e. The Labute approximate surface area is 124 Å². The van der Waals surface area contributed by atoms with Crippen molar-refractivity contribution in [1.29, 1.82) is 0 Å². The van der Waals surface area contributed by atoms with Crippen LogP contribution in [0.2, 0.25) is 0 Å². The van der Waals surface area contributed by atoms with E-state index in [-0.39, 0.29) is 0 Å². The molecule has 0 bridgehead atoms. The van der Waals surface area contributed by atoms with E-state index in [1.54, 1.807) is 0 Å². The van der Waals surface area contributed by atoms with Crippen molar-refractivity contribution < 1.29 is 0 Å². The molecule has 0 saturated carbocycles. The number of pyridine rings is 1. The van der Waals surface area contributed by atoms with E-state index in [0.717, 1.165) is 37.7 Å². The number of anilines is 1. The fraction of sp³-hybridized carbons (Fsp3) is 0.688. The van der Waals surface area contributed by atoms with Gasteiger partial charge in [-0.05, 0) is 59.1 Å². The second-order valence-electron chi connectivity index (χ2n) is 5.65. The summed E-state index contributed by atoms with van der Waals surface area (Å²) in [4.78, 5) is 9.32. The number of aromatic nitrogens is 1. The molecule has 1 rings (SSSR count). The first-order chi connectivity index (χ1) is 9.47. The van der Waals surface area contributed by atoms with E-state index >= 15 is 0 Å². The Morgan fingerprint density at radius 3 is 2.50 bits per heavy atom. The SMILES string of the molecule is CCNCc1cc(C)nc(N(CC)C(C)CN(C)C)c1. The molecule has 0 aromatic carbocycles. The Bertz CT molecular complexity index is 403. The van der Waals surface area contributed by atoms with Gasteiger partial charge in [0.15, 0.2) is 0 Å². The molecule has 0 aliphatic heterocycles. The molecule has 0 spiro atoms. The predicted molar refractivity (Wildman–Crippen MR) is 87.4 cm³/mol. The average molecular weight is 278 g/mol. The summed E-state index contributed by atoms with van der Waals surface area (Å²) < 4.78 is 0. The highest BCUT2D eigenvalue weighted by Gasteiger charge is 2.15. The molecule has 0 radical (unpaired) electrons. The summed E-state index contributed by atoms with van der Waals surface area (Å²) in [6.45, 7) is 12.6. The van der Waals surface area contributed by atoms with Crippen LogP contribution < -0.4 is 10.2 Å². The molecular weight excluding hydrogens is 248 g/mol. The standard InChI is InChI=1S/C16H30N4/c1-7-17-11-15-9-13(3)18-16(10-15)20(8-2)14(4)12-19(5)6/h9-10,14,17H,7-8,11-12H2,1-6H3. The highest BCUT2D eigenvalue weighted by molar-refractivity contribution is 5.43. The van der Waals surface area contributed by atoms with E-state index in [1.165, 1.54) is 5.56 Å². The van der Waals surface area contributed by atoms with Gasteiger partial charge < -0.3 is 15.1 Å². The minimum absolute atomic E-state index is 0.455. The van der Waals surface area contributed by atoms with Crippen LogP contribution in [0.1, 0.15) is 32.0 Å². The molecule has 4 heteroatoms. The van der Waals surface area contributed by atoms with Gasteiger partial charge in [-0.25, -0.2) is 4.98 Å². The summed E-state index contributed by atoms with van der Waals surface area (Å²) in [5, 5.41) is 3.38. The number of nitrogens with one attached hydrogen (secondary N) is 1. The van der Waals surface area contributed by atoms with Gasteiger partial charge in [-0.3, -0.25) is 0 Å². The molecule has 0 aliphatic rings.